The maximum Gasteiger partial charge on any atom is 0.511 e. The van der Waals surface area contributed by atoms with Gasteiger partial charge in [0, 0.05) is 12.5 Å². The number of alkyl halides is 3. The first-order chi connectivity index (χ1) is 21.2. The molecule has 45 heavy (non-hydrogen) atoms. The molecule has 0 radical (unpaired) electrons. The number of aryl methyl sites for hydroxylation is 1. The maximum absolute atomic E-state index is 13.5. The summed E-state index contributed by atoms with van der Waals surface area (Å²) in [5.74, 6) is -1.78. The van der Waals surface area contributed by atoms with Gasteiger partial charge in [-0.3, -0.25) is 9.63 Å². The fourth-order valence-electron chi connectivity index (χ4n) is 4.38. The number of methoxy groups -OCH3 is 1. The molecule has 1 aliphatic rings. The number of aromatic nitrogens is 2. The monoisotopic (exact) mass is 654 g/mol. The number of hydrogen-bond donors (Lipinski definition) is 1. The van der Waals surface area contributed by atoms with E-state index in [4.69, 9.17) is 4.84 Å². The van der Waals surface area contributed by atoms with Crippen LogP contribution in [-0.2, 0) is 35.3 Å². The van der Waals surface area contributed by atoms with Gasteiger partial charge in [-0.2, -0.15) is 18.3 Å². The van der Waals surface area contributed by atoms with Crippen LogP contribution in [0.1, 0.15) is 31.0 Å². The Labute approximate surface area is 255 Å². The molecule has 2 aromatic carbocycles. The number of sulfonamides is 1. The number of nitrogens with one attached hydrogen (secondary N) is 1. The summed E-state index contributed by atoms with van der Waals surface area (Å²) < 4.78 is 78.5. The van der Waals surface area contributed by atoms with Gasteiger partial charge in [0.1, 0.15) is 0 Å². The zero-order valence-corrected chi connectivity index (χ0v) is 25.0. The fraction of sp³-hybridized carbons (Fsp3) is 0.370. The minimum absolute atomic E-state index is 0.0636. The average molecular weight is 655 g/mol. The van der Waals surface area contributed by atoms with Crippen LogP contribution < -0.4 is 4.72 Å². The lowest BCUT2D eigenvalue weighted by molar-refractivity contribution is -0.715. The first-order valence-corrected chi connectivity index (χ1v) is 14.9. The van der Waals surface area contributed by atoms with E-state index >= 15 is 0 Å². The molecule has 1 aliphatic heterocycles. The van der Waals surface area contributed by atoms with Gasteiger partial charge in [-0.1, -0.05) is 29.8 Å². The molecule has 2 heterocycles. The number of rotatable bonds is 9. The summed E-state index contributed by atoms with van der Waals surface area (Å²) in [6.07, 6.45) is -6.39. The summed E-state index contributed by atoms with van der Waals surface area (Å²) >= 11 is 0. The second-order valence-electron chi connectivity index (χ2n) is 9.99. The summed E-state index contributed by atoms with van der Waals surface area (Å²) in [7, 11) is -3.31. The lowest BCUT2D eigenvalue weighted by atomic mass is 9.99. The van der Waals surface area contributed by atoms with E-state index in [0.29, 0.717) is 12.0 Å². The summed E-state index contributed by atoms with van der Waals surface area (Å²) in [5, 5.41) is 20.4. The van der Waals surface area contributed by atoms with E-state index in [-0.39, 0.29) is 40.8 Å². The van der Waals surface area contributed by atoms with Crippen LogP contribution in [0.2, 0.25) is 0 Å². The van der Waals surface area contributed by atoms with E-state index < -0.39 is 46.2 Å². The molecule has 3 aromatic rings. The van der Waals surface area contributed by atoms with Gasteiger partial charge in [-0.05, 0) is 50.1 Å². The first-order valence-electron chi connectivity index (χ1n) is 13.4. The largest absolute Gasteiger partial charge is 0.569 e. The number of ether oxygens (including phenoxy) is 2. The molecule has 0 aliphatic carbocycles. The van der Waals surface area contributed by atoms with E-state index in [1.54, 1.807) is 24.3 Å². The molecule has 2 unspecified atom stereocenters. The number of benzene rings is 2. The zero-order valence-electron chi connectivity index (χ0n) is 24.2. The highest BCUT2D eigenvalue weighted by molar-refractivity contribution is 7.90. The Morgan fingerprint density at radius 2 is 1.82 bits per heavy atom. The third-order valence-electron chi connectivity index (χ3n) is 6.68. The van der Waals surface area contributed by atoms with Gasteiger partial charge in [0.15, 0.2) is 5.69 Å². The minimum Gasteiger partial charge on any atom is -0.569 e. The van der Waals surface area contributed by atoms with Crippen LogP contribution in [0.3, 0.4) is 0 Å². The molecule has 1 N–H and O–H groups in total. The summed E-state index contributed by atoms with van der Waals surface area (Å²) in [4.78, 5) is 28.5. The number of piperidine rings is 1. The fourth-order valence-corrected chi connectivity index (χ4v) is 5.42. The van der Waals surface area contributed by atoms with Crippen molar-refractivity contribution in [2.24, 2.45) is 11.2 Å². The van der Waals surface area contributed by atoms with Crippen LogP contribution in [0.25, 0.3) is 16.9 Å². The normalized spacial score (nSPS) is 16.5. The molecule has 2 atom stereocenters. The van der Waals surface area contributed by atoms with Crippen molar-refractivity contribution in [2.45, 2.75) is 44.1 Å². The minimum atomic E-state index is -4.71. The van der Waals surface area contributed by atoms with Crippen molar-refractivity contribution >= 4 is 22.1 Å². The van der Waals surface area contributed by atoms with Gasteiger partial charge in [0.25, 0.3) is 16.3 Å². The maximum atomic E-state index is 13.5. The quantitative estimate of drug-likeness (QED) is 0.115. The van der Waals surface area contributed by atoms with Gasteiger partial charge >= 0.3 is 12.3 Å². The van der Waals surface area contributed by atoms with Crippen LogP contribution in [0.4, 0.5) is 18.0 Å². The number of amides is 1. The van der Waals surface area contributed by atoms with Gasteiger partial charge in [0.2, 0.25) is 11.2 Å². The van der Waals surface area contributed by atoms with Crippen LogP contribution in [-0.4, -0.2) is 66.7 Å². The van der Waals surface area contributed by atoms with E-state index in [1.165, 1.54) is 19.1 Å². The predicted octanol–water partition coefficient (Wildman–Crippen LogP) is 4.32. The Kier molecular flexibility index (Phi) is 9.84. The molecule has 1 fully saturated rings. The highest BCUT2D eigenvalue weighted by Crippen LogP contribution is 2.33. The summed E-state index contributed by atoms with van der Waals surface area (Å²) in [6, 6.07) is 12.5. The topological polar surface area (TPSA) is 167 Å². The van der Waals surface area contributed by atoms with Crippen molar-refractivity contribution in [3.63, 3.8) is 0 Å². The molecule has 18 heteroatoms. The Morgan fingerprint density at radius 1 is 1.16 bits per heavy atom. The Balaban J connectivity index is 1.46. The molecule has 1 aromatic heterocycles. The van der Waals surface area contributed by atoms with Crippen LogP contribution in [0.5, 0.6) is 0 Å². The molecule has 1 saturated heterocycles. The van der Waals surface area contributed by atoms with Crippen LogP contribution >= 0.6 is 0 Å². The second kappa shape index (κ2) is 13.4. The molecule has 4 rings (SSSR count). The number of carbonyl (C=O) groups excluding carboxylic acids is 2. The number of hydrazine groups is 1. The van der Waals surface area contributed by atoms with Crippen molar-refractivity contribution in [1.29, 1.82) is 0 Å². The highest BCUT2D eigenvalue weighted by Gasteiger charge is 2.36. The lowest BCUT2D eigenvalue weighted by Crippen LogP contribution is -2.46. The number of hydrogen-bond acceptors (Lipinski definition) is 10. The van der Waals surface area contributed by atoms with E-state index in [2.05, 4.69) is 19.8 Å². The molecular weight excluding hydrogens is 625 g/mol. The van der Waals surface area contributed by atoms with Crippen molar-refractivity contribution in [2.75, 3.05) is 20.2 Å². The van der Waals surface area contributed by atoms with Gasteiger partial charge in [-0.15, -0.1) is 5.01 Å². The Morgan fingerprint density at radius 3 is 2.44 bits per heavy atom. The highest BCUT2D eigenvalue weighted by atomic mass is 32.2. The molecular formula is C27H29F3N6O8S. The standard InChI is InChI=1S/C27H29F3N6O8S/c1-17-6-8-19(9-7-17)23-15-24(27(28,29)30)31-35(23)21-10-12-22(13-11-21)45(40,41)32-25(37)20-5-4-14-34(16-20)36(39)33-44-18(2)43-26(38)42-3/h6-13,15,18,20H,4-5,14,16H2,1-3H3,(H,32,37)/b36-33-. The zero-order chi connectivity index (χ0) is 32.9. The van der Waals surface area contributed by atoms with Gasteiger partial charge in [-0.25, -0.2) is 22.6 Å². The molecule has 0 saturated carbocycles. The van der Waals surface area contributed by atoms with Crippen LogP contribution in [0.15, 0.2) is 64.8 Å². The van der Waals surface area contributed by atoms with Crippen molar-refractivity contribution in [3.8, 4) is 16.9 Å². The smallest absolute Gasteiger partial charge is 0.511 e. The van der Waals surface area contributed by atoms with Crippen LogP contribution in [0, 0.1) is 18.0 Å². The van der Waals surface area contributed by atoms with Crippen molar-refractivity contribution in [3.05, 3.63) is 71.1 Å². The summed E-state index contributed by atoms with van der Waals surface area (Å²) in [5.41, 5.74) is 0.549. The average Bonchev–Trinajstić information content (AvgIpc) is 3.46. The van der Waals surface area contributed by atoms with Gasteiger partial charge < -0.3 is 14.7 Å². The second-order valence-corrected chi connectivity index (χ2v) is 11.7. The third-order valence-corrected chi connectivity index (χ3v) is 8.04. The molecule has 242 valence electrons. The SMILES string of the molecule is COC(=O)OC(C)O/N=[N+](\[O-])N1CCCC(C(=O)NS(=O)(=O)c2ccc(-n3nc(C(F)(F)F)cc3-c3ccc(C)cc3)cc2)C1. The number of halogens is 3. The third kappa shape index (κ3) is 8.20. The molecule has 0 bridgehead atoms. The van der Waals surface area contributed by atoms with E-state index in [1.807, 2.05) is 11.6 Å². The lowest BCUT2D eigenvalue weighted by Gasteiger charge is -2.28. The molecule has 14 nitrogen and oxygen atoms in total. The summed E-state index contributed by atoms with van der Waals surface area (Å²) in [6.45, 7) is 3.12. The first kappa shape index (κ1) is 33.0. The predicted molar refractivity (Wildman–Crippen MR) is 148 cm³/mol. The van der Waals surface area contributed by atoms with E-state index in [9.17, 15) is 36.4 Å². The van der Waals surface area contributed by atoms with E-state index in [0.717, 1.165) is 40.6 Å². The Bertz CT molecular complexity index is 1660. The number of nitrogens with zero attached hydrogens (tertiary/aromatic N) is 5. The van der Waals surface area contributed by atoms with Gasteiger partial charge in [0.05, 0.1) is 47.4 Å². The van der Waals surface area contributed by atoms with Crippen molar-refractivity contribution < 1.29 is 50.5 Å². The molecule has 0 spiro atoms. The Hall–Kier alpha value is -4.87. The van der Waals surface area contributed by atoms with Crippen molar-refractivity contribution in [1.82, 2.24) is 19.5 Å². The molecule has 1 amide bonds. The number of carbonyl (C=O) groups is 2.